The molecule has 1 aromatic rings. The normalized spacial score (nSPS) is 22.4. The quantitative estimate of drug-likeness (QED) is 0.805. The molecule has 0 amide bonds. The van der Waals surface area contributed by atoms with E-state index >= 15 is 0 Å². The summed E-state index contributed by atoms with van der Waals surface area (Å²) >= 11 is 2.30. The number of rotatable bonds is 1. The molecule has 1 fully saturated rings. The Labute approximate surface area is 98.1 Å². The van der Waals surface area contributed by atoms with E-state index in [4.69, 9.17) is 0 Å². The van der Waals surface area contributed by atoms with Gasteiger partial charge in [0.2, 0.25) is 0 Å². The van der Waals surface area contributed by atoms with Crippen molar-refractivity contribution in [2.24, 2.45) is 0 Å². The lowest BCUT2D eigenvalue weighted by molar-refractivity contribution is 0.154. The lowest BCUT2D eigenvalue weighted by atomic mass is 10.1. The van der Waals surface area contributed by atoms with E-state index in [0.29, 0.717) is 0 Å². The van der Waals surface area contributed by atoms with E-state index in [1.54, 1.807) is 0 Å². The molecule has 0 bridgehead atoms. The Morgan fingerprint density at radius 2 is 2.00 bits per heavy atom. The largest absolute Gasteiger partial charge is 0.391 e. The highest BCUT2D eigenvalue weighted by Crippen LogP contribution is 2.20. The van der Waals surface area contributed by atoms with Crippen LogP contribution in [0, 0.1) is 3.57 Å². The van der Waals surface area contributed by atoms with Crippen LogP contribution in [0.4, 0.5) is 5.69 Å². The van der Waals surface area contributed by atoms with Crippen LogP contribution in [0.15, 0.2) is 24.3 Å². The van der Waals surface area contributed by atoms with Crippen molar-refractivity contribution in [2.75, 3.05) is 18.0 Å². The molecule has 1 N–H and O–H groups in total. The smallest absolute Gasteiger partial charge is 0.0715 e. The molecule has 0 aliphatic carbocycles. The van der Waals surface area contributed by atoms with Gasteiger partial charge in [0.05, 0.1) is 6.10 Å². The molecule has 14 heavy (non-hydrogen) atoms. The van der Waals surface area contributed by atoms with E-state index in [-0.39, 0.29) is 6.10 Å². The molecule has 1 heterocycles. The maximum atomic E-state index is 9.55. The van der Waals surface area contributed by atoms with Crippen molar-refractivity contribution in [1.82, 2.24) is 0 Å². The summed E-state index contributed by atoms with van der Waals surface area (Å²) in [6.45, 7) is 1.85. The number of nitrogens with zero attached hydrogens (tertiary/aromatic N) is 1. The van der Waals surface area contributed by atoms with E-state index < -0.39 is 0 Å². The number of anilines is 1. The molecular formula is C11H14INO. The monoisotopic (exact) mass is 303 g/mol. The molecule has 0 aromatic heterocycles. The van der Waals surface area contributed by atoms with Gasteiger partial charge < -0.3 is 10.0 Å². The molecule has 1 aliphatic heterocycles. The Morgan fingerprint density at radius 3 is 2.64 bits per heavy atom. The van der Waals surface area contributed by atoms with Crippen LogP contribution in [0.5, 0.6) is 0 Å². The van der Waals surface area contributed by atoms with Gasteiger partial charge in [-0.1, -0.05) is 0 Å². The van der Waals surface area contributed by atoms with Gasteiger partial charge in [-0.05, 0) is 59.7 Å². The fourth-order valence-electron chi connectivity index (χ4n) is 1.84. The van der Waals surface area contributed by atoms with Crippen LogP contribution in [0.1, 0.15) is 12.8 Å². The van der Waals surface area contributed by atoms with Crippen LogP contribution in [0.25, 0.3) is 0 Å². The third-order valence-electron chi connectivity index (χ3n) is 2.59. The Morgan fingerprint density at radius 1 is 1.29 bits per heavy atom. The average molecular weight is 303 g/mol. The van der Waals surface area contributed by atoms with Crippen LogP contribution >= 0.6 is 22.6 Å². The number of β-amino-alcohol motifs (C(OH)–C–C–N with tert-alkyl or cyclic N) is 1. The zero-order valence-corrected chi connectivity index (χ0v) is 10.1. The summed E-state index contributed by atoms with van der Waals surface area (Å²) < 4.78 is 1.25. The summed E-state index contributed by atoms with van der Waals surface area (Å²) in [5.41, 5.74) is 1.23. The molecule has 1 atom stereocenters. The van der Waals surface area contributed by atoms with Crippen LogP contribution in [0.3, 0.4) is 0 Å². The molecule has 1 aliphatic rings. The van der Waals surface area contributed by atoms with Gasteiger partial charge in [-0.2, -0.15) is 0 Å². The number of hydrogen-bond acceptors (Lipinski definition) is 2. The molecule has 0 radical (unpaired) electrons. The number of aliphatic hydroxyl groups excluding tert-OH is 1. The van der Waals surface area contributed by atoms with Gasteiger partial charge in [0.15, 0.2) is 0 Å². The first-order chi connectivity index (χ1) is 6.75. The van der Waals surface area contributed by atoms with E-state index in [1.807, 2.05) is 0 Å². The van der Waals surface area contributed by atoms with Gasteiger partial charge in [0.1, 0.15) is 0 Å². The zero-order chi connectivity index (χ0) is 9.97. The van der Waals surface area contributed by atoms with E-state index in [1.165, 1.54) is 9.26 Å². The summed E-state index contributed by atoms with van der Waals surface area (Å²) in [5.74, 6) is 0. The Bertz CT molecular complexity index is 299. The molecular weight excluding hydrogens is 289 g/mol. The zero-order valence-electron chi connectivity index (χ0n) is 7.99. The fraction of sp³-hybridized carbons (Fsp3) is 0.455. The molecule has 0 spiro atoms. The van der Waals surface area contributed by atoms with Crippen molar-refractivity contribution in [2.45, 2.75) is 18.9 Å². The van der Waals surface area contributed by atoms with Crippen molar-refractivity contribution in [3.63, 3.8) is 0 Å². The van der Waals surface area contributed by atoms with Crippen molar-refractivity contribution in [3.8, 4) is 0 Å². The minimum absolute atomic E-state index is 0.150. The summed E-state index contributed by atoms with van der Waals surface area (Å²) in [7, 11) is 0. The standard InChI is InChI=1S/C11H14INO/c12-9-3-5-10(6-4-9)13-7-1-2-11(14)8-13/h3-6,11,14H,1-2,7-8H2. The lowest BCUT2D eigenvalue weighted by Gasteiger charge is -2.31. The maximum absolute atomic E-state index is 9.55. The SMILES string of the molecule is OC1CCCN(c2ccc(I)cc2)C1. The second-order valence-corrected chi connectivity index (χ2v) is 4.96. The van der Waals surface area contributed by atoms with Crippen LogP contribution in [-0.4, -0.2) is 24.3 Å². The Kier molecular flexibility index (Phi) is 3.28. The molecule has 1 saturated heterocycles. The molecule has 0 saturated carbocycles. The van der Waals surface area contributed by atoms with Gasteiger partial charge in [0, 0.05) is 22.3 Å². The van der Waals surface area contributed by atoms with Crippen molar-refractivity contribution < 1.29 is 5.11 Å². The summed E-state index contributed by atoms with van der Waals surface area (Å²) in [6.07, 6.45) is 1.89. The first-order valence-electron chi connectivity index (χ1n) is 4.94. The van der Waals surface area contributed by atoms with Gasteiger partial charge in [-0.15, -0.1) is 0 Å². The highest BCUT2D eigenvalue weighted by Gasteiger charge is 2.17. The van der Waals surface area contributed by atoms with Gasteiger partial charge in [-0.25, -0.2) is 0 Å². The first-order valence-corrected chi connectivity index (χ1v) is 6.02. The molecule has 1 aromatic carbocycles. The fourth-order valence-corrected chi connectivity index (χ4v) is 2.20. The minimum atomic E-state index is -0.150. The molecule has 2 rings (SSSR count). The average Bonchev–Trinajstić information content (AvgIpc) is 2.19. The molecule has 3 heteroatoms. The lowest BCUT2D eigenvalue weighted by Crippen LogP contribution is -2.38. The van der Waals surface area contributed by atoms with E-state index in [9.17, 15) is 5.11 Å². The van der Waals surface area contributed by atoms with Crippen molar-refractivity contribution in [3.05, 3.63) is 27.8 Å². The summed E-state index contributed by atoms with van der Waals surface area (Å²) in [4.78, 5) is 2.25. The predicted molar refractivity (Wildman–Crippen MR) is 66.6 cm³/mol. The number of hydrogen-bond donors (Lipinski definition) is 1. The number of aliphatic hydroxyl groups is 1. The van der Waals surface area contributed by atoms with Crippen molar-refractivity contribution >= 4 is 28.3 Å². The molecule has 2 nitrogen and oxygen atoms in total. The minimum Gasteiger partial charge on any atom is -0.391 e. The van der Waals surface area contributed by atoms with Crippen LogP contribution < -0.4 is 4.90 Å². The first kappa shape index (κ1) is 10.2. The highest BCUT2D eigenvalue weighted by atomic mass is 127. The van der Waals surface area contributed by atoms with Gasteiger partial charge >= 0.3 is 0 Å². The third-order valence-corrected chi connectivity index (χ3v) is 3.31. The Hall–Kier alpha value is -0.290. The van der Waals surface area contributed by atoms with Gasteiger partial charge in [-0.3, -0.25) is 0 Å². The van der Waals surface area contributed by atoms with E-state index in [2.05, 4.69) is 51.8 Å². The Balaban J connectivity index is 2.10. The summed E-state index contributed by atoms with van der Waals surface area (Å²) in [6, 6.07) is 8.47. The summed E-state index contributed by atoms with van der Waals surface area (Å²) in [5, 5.41) is 9.55. The third kappa shape index (κ3) is 2.39. The maximum Gasteiger partial charge on any atom is 0.0715 e. The number of piperidine rings is 1. The van der Waals surface area contributed by atoms with Crippen molar-refractivity contribution in [1.29, 1.82) is 0 Å². The second-order valence-electron chi connectivity index (χ2n) is 3.72. The molecule has 1 unspecified atom stereocenters. The second kappa shape index (κ2) is 4.49. The molecule has 76 valence electrons. The topological polar surface area (TPSA) is 23.5 Å². The van der Waals surface area contributed by atoms with E-state index in [0.717, 1.165) is 25.9 Å². The van der Waals surface area contributed by atoms with Crippen LogP contribution in [0.2, 0.25) is 0 Å². The number of benzene rings is 1. The van der Waals surface area contributed by atoms with Crippen LogP contribution in [-0.2, 0) is 0 Å². The van der Waals surface area contributed by atoms with Gasteiger partial charge in [0.25, 0.3) is 0 Å². The number of halogens is 1. The predicted octanol–water partition coefficient (Wildman–Crippen LogP) is 2.25. The highest BCUT2D eigenvalue weighted by molar-refractivity contribution is 14.1.